The van der Waals surface area contributed by atoms with Gasteiger partial charge in [-0.15, -0.1) is 0 Å². The number of nitrogens with one attached hydrogen (secondary N) is 1. The van der Waals surface area contributed by atoms with Crippen LogP contribution in [0.5, 0.6) is 0 Å². The molecule has 0 aliphatic rings. The first-order valence-corrected chi connectivity index (χ1v) is 7.46. The van der Waals surface area contributed by atoms with E-state index in [2.05, 4.69) is 26.2 Å². The number of carbonyl (C=O) groups excluding carboxylic acids is 1. The lowest BCUT2D eigenvalue weighted by atomic mass is 10.3. The van der Waals surface area contributed by atoms with E-state index in [9.17, 15) is 4.79 Å². The van der Waals surface area contributed by atoms with Crippen molar-refractivity contribution in [1.29, 1.82) is 0 Å². The Bertz CT molecular complexity index is 562. The van der Waals surface area contributed by atoms with Gasteiger partial charge in [0.05, 0.1) is 10.3 Å². The van der Waals surface area contributed by atoms with Crippen LogP contribution in [0.2, 0.25) is 0 Å². The lowest BCUT2D eigenvalue weighted by Gasteiger charge is -2.11. The van der Waals surface area contributed by atoms with Gasteiger partial charge in [0.15, 0.2) is 0 Å². The number of hydrogen-bond donors (Lipinski definition) is 1. The molecule has 1 amide bonds. The number of aromatic nitrogens is 1. The summed E-state index contributed by atoms with van der Waals surface area (Å²) in [6.45, 7) is 1.87. The lowest BCUT2D eigenvalue weighted by Crippen LogP contribution is -2.22. The zero-order valence-corrected chi connectivity index (χ0v) is 12.7. The Morgan fingerprint density at radius 2 is 2.16 bits per heavy atom. The molecule has 0 aliphatic carbocycles. The molecule has 1 aromatic heterocycles. The van der Waals surface area contributed by atoms with Crippen LogP contribution in [-0.4, -0.2) is 16.1 Å². The summed E-state index contributed by atoms with van der Waals surface area (Å²) in [6.07, 6.45) is 1.72. The molecule has 0 radical (unpaired) electrons. The molecule has 0 saturated heterocycles. The average Bonchev–Trinajstić information content (AvgIpc) is 2.40. The van der Waals surface area contributed by atoms with Gasteiger partial charge in [-0.1, -0.05) is 39.8 Å². The molecule has 3 nitrogen and oxygen atoms in total. The van der Waals surface area contributed by atoms with E-state index in [1.54, 1.807) is 6.20 Å². The standard InChI is InChI=1S/C14H13BrN2OS/c1-10(19-13-7-2-3-8-16-13)14(18)17-12-6-4-5-11(15)9-12/h2-10H,1H3,(H,17,18). The summed E-state index contributed by atoms with van der Waals surface area (Å²) in [5.74, 6) is -0.0336. The molecule has 5 heteroatoms. The Balaban J connectivity index is 1.96. The molecule has 0 spiro atoms. The molecule has 2 aromatic rings. The van der Waals surface area contributed by atoms with Crippen LogP contribution in [-0.2, 0) is 4.79 Å². The molecule has 2 rings (SSSR count). The number of halogens is 1. The number of anilines is 1. The number of thioether (sulfide) groups is 1. The molecule has 0 fully saturated rings. The Kier molecular flexibility index (Phi) is 4.99. The summed E-state index contributed by atoms with van der Waals surface area (Å²) in [5.41, 5.74) is 0.785. The molecular formula is C14H13BrN2OS. The predicted octanol–water partition coefficient (Wildman–Crippen LogP) is 3.96. The third-order valence-corrected chi connectivity index (χ3v) is 3.94. The number of pyridine rings is 1. The summed E-state index contributed by atoms with van der Waals surface area (Å²) in [7, 11) is 0. The van der Waals surface area contributed by atoms with Crippen LogP contribution in [0.15, 0.2) is 58.2 Å². The van der Waals surface area contributed by atoms with Crippen molar-refractivity contribution in [1.82, 2.24) is 4.98 Å². The van der Waals surface area contributed by atoms with Gasteiger partial charge in [0.25, 0.3) is 0 Å². The number of benzene rings is 1. The van der Waals surface area contributed by atoms with E-state index in [0.29, 0.717) is 0 Å². The van der Waals surface area contributed by atoms with Crippen LogP contribution in [0.4, 0.5) is 5.69 Å². The molecule has 1 heterocycles. The average molecular weight is 337 g/mol. The van der Waals surface area contributed by atoms with Crippen LogP contribution in [0.3, 0.4) is 0 Å². The zero-order chi connectivity index (χ0) is 13.7. The normalized spacial score (nSPS) is 11.9. The number of hydrogen-bond acceptors (Lipinski definition) is 3. The van der Waals surface area contributed by atoms with Crippen molar-refractivity contribution in [2.45, 2.75) is 17.2 Å². The van der Waals surface area contributed by atoms with E-state index >= 15 is 0 Å². The van der Waals surface area contributed by atoms with E-state index in [-0.39, 0.29) is 11.2 Å². The van der Waals surface area contributed by atoms with Crippen molar-refractivity contribution in [2.75, 3.05) is 5.32 Å². The first kappa shape index (κ1) is 14.1. The van der Waals surface area contributed by atoms with Crippen molar-refractivity contribution in [2.24, 2.45) is 0 Å². The molecule has 0 bridgehead atoms. The molecule has 0 aliphatic heterocycles. The Labute approximate surface area is 125 Å². The fourth-order valence-corrected chi connectivity index (χ4v) is 2.67. The highest BCUT2D eigenvalue weighted by molar-refractivity contribution is 9.10. The summed E-state index contributed by atoms with van der Waals surface area (Å²) in [6, 6.07) is 13.2. The van der Waals surface area contributed by atoms with Gasteiger partial charge in [0.1, 0.15) is 0 Å². The van der Waals surface area contributed by atoms with E-state index < -0.39 is 0 Å². The van der Waals surface area contributed by atoms with Crippen LogP contribution in [0.25, 0.3) is 0 Å². The monoisotopic (exact) mass is 336 g/mol. The summed E-state index contributed by atoms with van der Waals surface area (Å²) in [5, 5.41) is 3.53. The van der Waals surface area contributed by atoms with Gasteiger partial charge >= 0.3 is 0 Å². The minimum Gasteiger partial charge on any atom is -0.325 e. The maximum absolute atomic E-state index is 12.1. The predicted molar refractivity (Wildman–Crippen MR) is 82.3 cm³/mol. The number of carbonyl (C=O) groups is 1. The Morgan fingerprint density at radius 1 is 1.32 bits per heavy atom. The lowest BCUT2D eigenvalue weighted by molar-refractivity contribution is -0.115. The van der Waals surface area contributed by atoms with Gasteiger partial charge in [-0.25, -0.2) is 4.98 Å². The van der Waals surface area contributed by atoms with Crippen molar-refractivity contribution >= 4 is 39.3 Å². The summed E-state index contributed by atoms with van der Waals surface area (Å²) >= 11 is 4.82. The maximum atomic E-state index is 12.1. The highest BCUT2D eigenvalue weighted by atomic mass is 79.9. The third kappa shape index (κ3) is 4.36. The second-order valence-corrected chi connectivity index (χ2v) is 6.20. The fraction of sp³-hybridized carbons (Fsp3) is 0.143. The molecule has 98 valence electrons. The first-order chi connectivity index (χ1) is 9.15. The van der Waals surface area contributed by atoms with Crippen molar-refractivity contribution in [3.8, 4) is 0 Å². The Morgan fingerprint density at radius 3 is 2.84 bits per heavy atom. The second-order valence-electron chi connectivity index (χ2n) is 3.93. The SMILES string of the molecule is CC(Sc1ccccn1)C(=O)Nc1cccc(Br)c1. The molecule has 1 unspecified atom stereocenters. The summed E-state index contributed by atoms with van der Waals surface area (Å²) < 4.78 is 0.940. The summed E-state index contributed by atoms with van der Waals surface area (Å²) in [4.78, 5) is 16.3. The number of amides is 1. The Hall–Kier alpha value is -1.33. The van der Waals surface area contributed by atoms with Crippen molar-refractivity contribution < 1.29 is 4.79 Å². The van der Waals surface area contributed by atoms with Gasteiger partial charge in [0.2, 0.25) is 5.91 Å². The quantitative estimate of drug-likeness (QED) is 0.859. The van der Waals surface area contributed by atoms with Crippen LogP contribution < -0.4 is 5.32 Å². The van der Waals surface area contributed by atoms with Crippen molar-refractivity contribution in [3.63, 3.8) is 0 Å². The molecular weight excluding hydrogens is 324 g/mol. The highest BCUT2D eigenvalue weighted by Gasteiger charge is 2.15. The largest absolute Gasteiger partial charge is 0.325 e. The second kappa shape index (κ2) is 6.73. The van der Waals surface area contributed by atoms with E-state index in [1.807, 2.05) is 49.4 Å². The molecule has 0 saturated carbocycles. The number of nitrogens with zero attached hydrogens (tertiary/aromatic N) is 1. The minimum atomic E-state index is -0.200. The zero-order valence-electron chi connectivity index (χ0n) is 10.3. The molecule has 1 aromatic carbocycles. The fourth-order valence-electron chi connectivity index (χ4n) is 1.46. The smallest absolute Gasteiger partial charge is 0.237 e. The van der Waals surface area contributed by atoms with Crippen LogP contribution in [0.1, 0.15) is 6.92 Å². The van der Waals surface area contributed by atoms with Gasteiger partial charge in [-0.3, -0.25) is 4.79 Å². The minimum absolute atomic E-state index is 0.0336. The molecule has 1 atom stereocenters. The maximum Gasteiger partial charge on any atom is 0.237 e. The van der Waals surface area contributed by atoms with E-state index in [0.717, 1.165) is 15.2 Å². The van der Waals surface area contributed by atoms with Crippen LogP contribution in [0, 0.1) is 0 Å². The van der Waals surface area contributed by atoms with E-state index in [1.165, 1.54) is 11.8 Å². The third-order valence-electron chi connectivity index (χ3n) is 2.40. The molecule has 1 N–H and O–H groups in total. The van der Waals surface area contributed by atoms with Gasteiger partial charge < -0.3 is 5.32 Å². The van der Waals surface area contributed by atoms with Gasteiger partial charge in [-0.2, -0.15) is 0 Å². The molecule has 19 heavy (non-hydrogen) atoms. The van der Waals surface area contributed by atoms with Gasteiger partial charge in [0, 0.05) is 16.4 Å². The van der Waals surface area contributed by atoms with E-state index in [4.69, 9.17) is 0 Å². The van der Waals surface area contributed by atoms with Crippen molar-refractivity contribution in [3.05, 3.63) is 53.1 Å². The van der Waals surface area contributed by atoms with Gasteiger partial charge in [-0.05, 0) is 37.3 Å². The first-order valence-electron chi connectivity index (χ1n) is 5.79. The topological polar surface area (TPSA) is 42.0 Å². The number of rotatable bonds is 4. The van der Waals surface area contributed by atoms with Crippen LogP contribution >= 0.6 is 27.7 Å². The highest BCUT2D eigenvalue weighted by Crippen LogP contribution is 2.22.